The van der Waals surface area contributed by atoms with Crippen molar-refractivity contribution >= 4 is 11.6 Å². The summed E-state index contributed by atoms with van der Waals surface area (Å²) in [6.45, 7) is 5.44. The molecule has 202 valence electrons. The van der Waals surface area contributed by atoms with Crippen LogP contribution in [0.2, 0.25) is 0 Å². The summed E-state index contributed by atoms with van der Waals surface area (Å²) in [5.41, 5.74) is 1.88. The Hall–Kier alpha value is -4.56. The first-order valence-electron chi connectivity index (χ1n) is 10.8. The van der Waals surface area contributed by atoms with Gasteiger partial charge in [0.15, 0.2) is 0 Å². The van der Waals surface area contributed by atoms with Gasteiger partial charge >= 0.3 is 12.4 Å². The van der Waals surface area contributed by atoms with Crippen LogP contribution in [0.5, 0.6) is 0 Å². The summed E-state index contributed by atoms with van der Waals surface area (Å²) in [5, 5.41) is 16.8. The van der Waals surface area contributed by atoms with Gasteiger partial charge in [-0.2, -0.15) is 26.3 Å². The fourth-order valence-corrected chi connectivity index (χ4v) is 3.35. The zero-order valence-corrected chi connectivity index (χ0v) is 19.7. The number of benzene rings is 1. The molecule has 0 aliphatic rings. The largest absolute Gasteiger partial charge is 0.417 e. The highest BCUT2D eigenvalue weighted by atomic mass is 19.4. The van der Waals surface area contributed by atoms with Crippen LogP contribution in [-0.2, 0) is 12.4 Å². The van der Waals surface area contributed by atoms with E-state index in [9.17, 15) is 36.5 Å². The second kappa shape index (κ2) is 10.8. The molecule has 2 heterocycles. The van der Waals surface area contributed by atoms with Gasteiger partial charge in [0.25, 0.3) is 5.70 Å². The molecule has 0 aliphatic carbocycles. The molecule has 0 bridgehead atoms. The van der Waals surface area contributed by atoms with Gasteiger partial charge in [-0.25, -0.2) is 9.97 Å². The first-order chi connectivity index (χ1) is 17.7. The van der Waals surface area contributed by atoms with E-state index in [1.54, 1.807) is 6.92 Å². The van der Waals surface area contributed by atoms with Gasteiger partial charge in [-0.05, 0) is 25.1 Å². The highest BCUT2D eigenvalue weighted by molar-refractivity contribution is 5.70. The minimum Gasteiger partial charge on any atom is -0.394 e. The maximum Gasteiger partial charge on any atom is 0.417 e. The Labute approximate surface area is 211 Å². The Balaban J connectivity index is 1.85. The molecule has 4 N–H and O–H groups in total. The molecule has 9 nitrogen and oxygen atoms in total. The summed E-state index contributed by atoms with van der Waals surface area (Å²) in [6, 6.07) is 2.58. The molecule has 0 fully saturated rings. The molecule has 2 aromatic heterocycles. The fraction of sp³-hybridized carbons (Fsp3) is 0.217. The first kappa shape index (κ1) is 28.0. The molecule has 0 aliphatic heterocycles. The van der Waals surface area contributed by atoms with Crippen molar-refractivity contribution in [1.29, 1.82) is 0 Å². The zero-order chi connectivity index (χ0) is 28.3. The molecule has 38 heavy (non-hydrogen) atoms. The molecule has 0 amide bonds. The van der Waals surface area contributed by atoms with Gasteiger partial charge in [-0.15, -0.1) is 0 Å². The third kappa shape index (κ3) is 6.60. The number of nitro groups is 1. The average Bonchev–Trinajstić information content (AvgIpc) is 3.29. The SMILES string of the molecule is C=C(N)/C(=C\C=C(/C)NCCNc1nc(-c2ccc(C(F)(F)F)cc2C(F)(F)F)cc2nccn12)[N+](=O)[O-]. The molecule has 0 radical (unpaired) electrons. The summed E-state index contributed by atoms with van der Waals surface area (Å²) in [6.07, 6.45) is -4.52. The number of hydrogen-bond acceptors (Lipinski definition) is 7. The first-order valence-corrected chi connectivity index (χ1v) is 10.8. The van der Waals surface area contributed by atoms with E-state index in [2.05, 4.69) is 27.2 Å². The molecular weight excluding hydrogens is 520 g/mol. The number of rotatable bonds is 9. The molecule has 0 unspecified atom stereocenters. The third-order valence-corrected chi connectivity index (χ3v) is 5.15. The van der Waals surface area contributed by atoms with Crippen LogP contribution in [0.4, 0.5) is 32.3 Å². The van der Waals surface area contributed by atoms with E-state index >= 15 is 0 Å². The number of imidazole rings is 1. The summed E-state index contributed by atoms with van der Waals surface area (Å²) in [7, 11) is 0. The molecule has 0 atom stereocenters. The normalized spacial score (nSPS) is 13.0. The van der Waals surface area contributed by atoms with Crippen LogP contribution in [0.1, 0.15) is 18.1 Å². The number of anilines is 1. The second-order valence-corrected chi connectivity index (χ2v) is 7.91. The summed E-state index contributed by atoms with van der Waals surface area (Å²) in [5.74, 6) is 0.0985. The van der Waals surface area contributed by atoms with Crippen LogP contribution < -0.4 is 16.4 Å². The van der Waals surface area contributed by atoms with E-state index in [-0.39, 0.29) is 47.8 Å². The molecule has 3 aromatic rings. The van der Waals surface area contributed by atoms with Crippen LogP contribution >= 0.6 is 0 Å². The standard InChI is InChI=1S/C23H21F6N7O2/c1-13(3-6-19(14(2)30)36(37)38)31-7-8-33-21-34-18(12-20-32-9-10-35(20)21)16-5-4-15(22(24,25)26)11-17(16)23(27,28)29/h3-6,9-12,31H,2,7-8,30H2,1H3,(H,33,34)/b13-3+,19-6+. The van der Waals surface area contributed by atoms with Crippen molar-refractivity contribution in [2.24, 2.45) is 5.73 Å². The molecule has 0 saturated heterocycles. The lowest BCUT2D eigenvalue weighted by Crippen LogP contribution is -2.22. The molecule has 1 aromatic carbocycles. The monoisotopic (exact) mass is 541 g/mol. The predicted molar refractivity (Wildman–Crippen MR) is 127 cm³/mol. The average molecular weight is 541 g/mol. The Morgan fingerprint density at radius 3 is 2.47 bits per heavy atom. The lowest BCUT2D eigenvalue weighted by atomic mass is 10.0. The van der Waals surface area contributed by atoms with Gasteiger partial charge in [0.2, 0.25) is 5.95 Å². The molecular formula is C23H21F6N7O2. The highest BCUT2D eigenvalue weighted by Gasteiger charge is 2.38. The molecule has 3 rings (SSSR count). The maximum atomic E-state index is 13.7. The van der Waals surface area contributed by atoms with Crippen LogP contribution in [0.15, 0.2) is 72.5 Å². The van der Waals surface area contributed by atoms with Gasteiger partial charge in [0, 0.05) is 48.9 Å². The van der Waals surface area contributed by atoms with Crippen LogP contribution in [0, 0.1) is 10.1 Å². The Bertz CT molecular complexity index is 1410. The van der Waals surface area contributed by atoms with Gasteiger partial charge in [0.1, 0.15) is 11.3 Å². The minimum absolute atomic E-state index is 0.0533. The number of hydrogen-bond donors (Lipinski definition) is 3. The number of nitrogens with two attached hydrogens (primary N) is 1. The lowest BCUT2D eigenvalue weighted by Gasteiger charge is -2.17. The van der Waals surface area contributed by atoms with Gasteiger partial charge < -0.3 is 16.4 Å². The maximum absolute atomic E-state index is 13.7. The van der Waals surface area contributed by atoms with Crippen molar-refractivity contribution in [3.05, 3.63) is 93.7 Å². The number of fused-ring (bicyclic) bond motifs is 1. The highest BCUT2D eigenvalue weighted by Crippen LogP contribution is 2.40. The predicted octanol–water partition coefficient (Wildman–Crippen LogP) is 4.97. The van der Waals surface area contributed by atoms with Crippen LogP contribution in [-0.4, -0.2) is 32.4 Å². The van der Waals surface area contributed by atoms with Crippen molar-refractivity contribution < 1.29 is 31.3 Å². The zero-order valence-electron chi connectivity index (χ0n) is 19.7. The number of halogens is 6. The van der Waals surface area contributed by atoms with Crippen molar-refractivity contribution in [2.45, 2.75) is 19.3 Å². The van der Waals surface area contributed by atoms with E-state index in [0.717, 1.165) is 6.07 Å². The van der Waals surface area contributed by atoms with Crippen molar-refractivity contribution in [3.63, 3.8) is 0 Å². The summed E-state index contributed by atoms with van der Waals surface area (Å²) in [4.78, 5) is 18.5. The van der Waals surface area contributed by atoms with E-state index in [1.807, 2.05) is 0 Å². The molecule has 0 spiro atoms. The van der Waals surface area contributed by atoms with E-state index in [1.165, 1.54) is 35.0 Å². The van der Waals surface area contributed by atoms with Crippen molar-refractivity contribution in [1.82, 2.24) is 19.7 Å². The van der Waals surface area contributed by atoms with E-state index < -0.39 is 34.0 Å². The second-order valence-electron chi connectivity index (χ2n) is 7.91. The van der Waals surface area contributed by atoms with E-state index in [0.29, 0.717) is 11.8 Å². The van der Waals surface area contributed by atoms with Gasteiger partial charge in [-0.1, -0.05) is 12.6 Å². The Kier molecular flexibility index (Phi) is 7.98. The lowest BCUT2D eigenvalue weighted by molar-refractivity contribution is -0.420. The Morgan fingerprint density at radius 1 is 1.16 bits per heavy atom. The van der Waals surface area contributed by atoms with Crippen molar-refractivity contribution in [2.75, 3.05) is 18.4 Å². The third-order valence-electron chi connectivity index (χ3n) is 5.15. The van der Waals surface area contributed by atoms with Gasteiger partial charge in [-0.3, -0.25) is 14.5 Å². The summed E-state index contributed by atoms with van der Waals surface area (Å²) >= 11 is 0. The number of alkyl halides is 6. The summed E-state index contributed by atoms with van der Waals surface area (Å²) < 4.78 is 81.7. The Morgan fingerprint density at radius 2 is 1.87 bits per heavy atom. The molecule has 0 saturated carbocycles. The number of nitrogens with zero attached hydrogens (tertiary/aromatic N) is 4. The van der Waals surface area contributed by atoms with E-state index in [4.69, 9.17) is 5.73 Å². The number of aromatic nitrogens is 3. The van der Waals surface area contributed by atoms with Crippen LogP contribution in [0.25, 0.3) is 16.9 Å². The quantitative estimate of drug-likeness (QED) is 0.115. The number of nitrogens with one attached hydrogen (secondary N) is 2. The van der Waals surface area contributed by atoms with Crippen molar-refractivity contribution in [3.8, 4) is 11.3 Å². The smallest absolute Gasteiger partial charge is 0.394 e. The number of allylic oxidation sites excluding steroid dienone is 3. The van der Waals surface area contributed by atoms with Crippen LogP contribution in [0.3, 0.4) is 0 Å². The molecule has 15 heteroatoms. The minimum atomic E-state index is -5.07. The fourth-order valence-electron chi connectivity index (χ4n) is 3.35. The van der Waals surface area contributed by atoms with Gasteiger partial charge in [0.05, 0.1) is 21.7 Å². The topological polar surface area (TPSA) is 123 Å².